The third-order valence-corrected chi connectivity index (χ3v) is 6.01. The molecular weight excluding hydrogens is 456 g/mol. The first-order valence-electron chi connectivity index (χ1n) is 11.5. The fourth-order valence-corrected chi connectivity index (χ4v) is 4.16. The van der Waals surface area contributed by atoms with Crippen molar-refractivity contribution in [3.05, 3.63) is 101 Å². The van der Waals surface area contributed by atoms with E-state index in [4.69, 9.17) is 9.47 Å². The Bertz CT molecular complexity index is 1410. The molecule has 0 fully saturated rings. The zero-order valence-electron chi connectivity index (χ0n) is 20.2. The van der Waals surface area contributed by atoms with Crippen molar-refractivity contribution in [2.45, 2.75) is 26.5 Å². The van der Waals surface area contributed by atoms with Crippen LogP contribution in [-0.2, 0) is 11.4 Å². The second-order valence-electron chi connectivity index (χ2n) is 8.52. The number of amides is 1. The van der Waals surface area contributed by atoms with E-state index in [2.05, 4.69) is 26.2 Å². The summed E-state index contributed by atoms with van der Waals surface area (Å²) in [6.45, 7) is 4.24. The molecule has 0 saturated heterocycles. The summed E-state index contributed by atoms with van der Waals surface area (Å²) in [7, 11) is 1.59. The molecule has 1 atom stereocenters. The van der Waals surface area contributed by atoms with Crippen molar-refractivity contribution in [1.82, 2.24) is 20.2 Å². The number of nitrogens with one attached hydrogen (secondary N) is 2. The summed E-state index contributed by atoms with van der Waals surface area (Å²) in [5, 5.41) is 18.2. The maximum Gasteiger partial charge on any atom is 0.255 e. The van der Waals surface area contributed by atoms with Gasteiger partial charge in [0.25, 0.3) is 5.91 Å². The fourth-order valence-electron chi connectivity index (χ4n) is 4.16. The van der Waals surface area contributed by atoms with Gasteiger partial charge in [-0.3, -0.25) is 4.79 Å². The highest BCUT2D eigenvalue weighted by atomic mass is 16.5. The first-order chi connectivity index (χ1) is 17.5. The van der Waals surface area contributed by atoms with Crippen molar-refractivity contribution in [1.29, 1.82) is 0 Å². The number of tetrazole rings is 1. The summed E-state index contributed by atoms with van der Waals surface area (Å²) < 4.78 is 13.3. The second-order valence-corrected chi connectivity index (χ2v) is 8.52. The fraction of sp³-hybridized carbons (Fsp3) is 0.185. The molecule has 0 radical (unpaired) electrons. The Hall–Kier alpha value is -4.66. The van der Waals surface area contributed by atoms with E-state index in [1.165, 1.54) is 0 Å². The van der Waals surface area contributed by atoms with Crippen molar-refractivity contribution in [2.75, 3.05) is 17.7 Å². The summed E-state index contributed by atoms with van der Waals surface area (Å²) in [4.78, 5) is 13.5. The molecule has 182 valence electrons. The topological polar surface area (TPSA) is 103 Å². The molecule has 9 nitrogen and oxygen atoms in total. The SMILES string of the molecule is COc1cc(C2C(C(=O)Nc3ccc(C)cc3)=C(C)Nc3nnnn32)ccc1OCc1ccccc1. The molecule has 1 aliphatic rings. The van der Waals surface area contributed by atoms with Crippen LogP contribution in [0.15, 0.2) is 84.1 Å². The van der Waals surface area contributed by atoms with Gasteiger partial charge >= 0.3 is 0 Å². The molecular formula is C27H26N6O3. The lowest BCUT2D eigenvalue weighted by Gasteiger charge is -2.28. The van der Waals surface area contributed by atoms with E-state index in [0.29, 0.717) is 41.0 Å². The molecule has 2 N–H and O–H groups in total. The minimum absolute atomic E-state index is 0.252. The molecule has 1 amide bonds. The molecule has 0 bridgehead atoms. The summed E-state index contributed by atoms with van der Waals surface area (Å²) in [6.07, 6.45) is 0. The van der Waals surface area contributed by atoms with Gasteiger partial charge in [-0.15, -0.1) is 0 Å². The molecule has 36 heavy (non-hydrogen) atoms. The van der Waals surface area contributed by atoms with E-state index < -0.39 is 6.04 Å². The Balaban J connectivity index is 1.48. The van der Waals surface area contributed by atoms with Crippen LogP contribution < -0.4 is 20.1 Å². The number of benzene rings is 3. The zero-order valence-corrected chi connectivity index (χ0v) is 20.2. The first-order valence-corrected chi connectivity index (χ1v) is 11.5. The number of methoxy groups -OCH3 is 1. The maximum atomic E-state index is 13.5. The van der Waals surface area contributed by atoms with Crippen LogP contribution in [0.3, 0.4) is 0 Å². The van der Waals surface area contributed by atoms with Crippen molar-refractivity contribution >= 4 is 17.5 Å². The lowest BCUT2D eigenvalue weighted by Crippen LogP contribution is -2.31. The van der Waals surface area contributed by atoms with Crippen molar-refractivity contribution < 1.29 is 14.3 Å². The smallest absolute Gasteiger partial charge is 0.255 e. The number of carbonyl (C=O) groups excluding carboxylic acids is 1. The van der Waals surface area contributed by atoms with Gasteiger partial charge in [-0.2, -0.15) is 4.68 Å². The number of hydrogen-bond acceptors (Lipinski definition) is 7. The Morgan fingerprint density at radius 2 is 1.81 bits per heavy atom. The Kier molecular flexibility index (Phi) is 6.36. The summed E-state index contributed by atoms with van der Waals surface area (Å²) >= 11 is 0. The Labute approximate surface area is 208 Å². The predicted octanol–water partition coefficient (Wildman–Crippen LogP) is 4.50. The molecule has 0 saturated carbocycles. The normalized spacial score (nSPS) is 14.6. The maximum absolute atomic E-state index is 13.5. The number of ether oxygens (including phenoxy) is 2. The largest absolute Gasteiger partial charge is 0.493 e. The minimum Gasteiger partial charge on any atom is -0.493 e. The monoisotopic (exact) mass is 482 g/mol. The molecule has 5 rings (SSSR count). The minimum atomic E-state index is -0.571. The molecule has 2 heterocycles. The van der Waals surface area contributed by atoms with Gasteiger partial charge < -0.3 is 20.1 Å². The van der Waals surface area contributed by atoms with Gasteiger partial charge in [0, 0.05) is 11.4 Å². The van der Waals surface area contributed by atoms with E-state index in [1.807, 2.05) is 86.6 Å². The summed E-state index contributed by atoms with van der Waals surface area (Å²) in [5.74, 6) is 1.35. The van der Waals surface area contributed by atoms with Crippen LogP contribution in [0.25, 0.3) is 0 Å². The highest BCUT2D eigenvalue weighted by Gasteiger charge is 2.34. The van der Waals surface area contributed by atoms with E-state index in [0.717, 1.165) is 16.7 Å². The molecule has 0 aliphatic carbocycles. The number of rotatable bonds is 7. The van der Waals surface area contributed by atoms with Crippen LogP contribution in [0, 0.1) is 6.92 Å². The highest BCUT2D eigenvalue weighted by Crippen LogP contribution is 2.38. The third kappa shape index (κ3) is 4.63. The van der Waals surface area contributed by atoms with Crippen LogP contribution >= 0.6 is 0 Å². The van der Waals surface area contributed by atoms with Gasteiger partial charge in [0.15, 0.2) is 11.5 Å². The van der Waals surface area contributed by atoms with E-state index in [9.17, 15) is 4.79 Å². The molecule has 3 aromatic carbocycles. The molecule has 1 unspecified atom stereocenters. The number of hydrogen-bond donors (Lipinski definition) is 2. The lowest BCUT2D eigenvalue weighted by molar-refractivity contribution is -0.113. The van der Waals surface area contributed by atoms with Crippen molar-refractivity contribution in [3.63, 3.8) is 0 Å². The van der Waals surface area contributed by atoms with E-state index in [-0.39, 0.29) is 5.91 Å². The van der Waals surface area contributed by atoms with Crippen LogP contribution in [0.4, 0.5) is 11.6 Å². The first kappa shape index (κ1) is 23.1. The second kappa shape index (κ2) is 9.91. The van der Waals surface area contributed by atoms with Gasteiger partial charge in [0.1, 0.15) is 12.6 Å². The van der Waals surface area contributed by atoms with Crippen LogP contribution in [0.2, 0.25) is 0 Å². The number of anilines is 2. The standard InChI is InChI=1S/C27H26N6O3/c1-17-9-12-21(13-10-17)29-26(34)24-18(2)28-27-30-31-32-33(27)25(24)20-11-14-22(23(15-20)35-3)36-16-19-7-5-4-6-8-19/h4-15,25H,16H2,1-3H3,(H,29,34)(H,28,30,32). The molecule has 1 aromatic heterocycles. The van der Waals surface area contributed by atoms with Crippen molar-refractivity contribution in [3.8, 4) is 11.5 Å². The molecule has 0 spiro atoms. The predicted molar refractivity (Wildman–Crippen MR) is 136 cm³/mol. The summed E-state index contributed by atoms with van der Waals surface area (Å²) in [5.41, 5.74) is 4.80. The number of aromatic nitrogens is 4. The van der Waals surface area contributed by atoms with Crippen LogP contribution in [-0.4, -0.2) is 33.2 Å². The van der Waals surface area contributed by atoms with Gasteiger partial charge in [-0.25, -0.2) is 0 Å². The number of allylic oxidation sites excluding steroid dienone is 1. The van der Waals surface area contributed by atoms with Gasteiger partial charge in [0.2, 0.25) is 5.95 Å². The number of fused-ring (bicyclic) bond motifs is 1. The zero-order chi connectivity index (χ0) is 25.1. The van der Waals surface area contributed by atoms with Crippen LogP contribution in [0.1, 0.15) is 29.7 Å². The van der Waals surface area contributed by atoms with Crippen molar-refractivity contribution in [2.24, 2.45) is 0 Å². The van der Waals surface area contributed by atoms with Gasteiger partial charge in [-0.1, -0.05) is 59.2 Å². The number of aryl methyl sites for hydroxylation is 1. The Morgan fingerprint density at radius 3 is 2.56 bits per heavy atom. The average Bonchev–Trinajstić information content (AvgIpc) is 3.36. The molecule has 1 aliphatic heterocycles. The lowest BCUT2D eigenvalue weighted by atomic mass is 9.94. The Morgan fingerprint density at radius 1 is 1.03 bits per heavy atom. The number of nitrogens with zero attached hydrogens (tertiary/aromatic N) is 4. The van der Waals surface area contributed by atoms with Gasteiger partial charge in [-0.05, 0) is 59.7 Å². The van der Waals surface area contributed by atoms with E-state index in [1.54, 1.807) is 11.8 Å². The van der Waals surface area contributed by atoms with Gasteiger partial charge in [0.05, 0.1) is 12.7 Å². The molecule has 4 aromatic rings. The average molecular weight is 483 g/mol. The third-order valence-electron chi connectivity index (χ3n) is 6.01. The molecule has 9 heteroatoms. The summed E-state index contributed by atoms with van der Waals surface area (Å²) in [6, 6.07) is 22.6. The number of carbonyl (C=O) groups is 1. The quantitative estimate of drug-likeness (QED) is 0.400. The highest BCUT2D eigenvalue weighted by molar-refractivity contribution is 6.06. The van der Waals surface area contributed by atoms with Crippen LogP contribution in [0.5, 0.6) is 11.5 Å². The van der Waals surface area contributed by atoms with E-state index >= 15 is 0 Å².